The van der Waals surface area contributed by atoms with Crippen molar-refractivity contribution in [1.29, 1.82) is 0 Å². The Labute approximate surface area is 133 Å². The van der Waals surface area contributed by atoms with Crippen LogP contribution in [-0.2, 0) is 10.0 Å². The molecule has 1 aliphatic rings. The zero-order valence-corrected chi connectivity index (χ0v) is 14.7. The first-order chi connectivity index (χ1) is 9.32. The minimum absolute atomic E-state index is 0.181. The van der Waals surface area contributed by atoms with Crippen molar-refractivity contribution in [2.75, 3.05) is 26.2 Å². The van der Waals surface area contributed by atoms with Gasteiger partial charge < -0.3 is 0 Å². The van der Waals surface area contributed by atoms with Crippen LogP contribution < -0.4 is 0 Å². The van der Waals surface area contributed by atoms with Crippen LogP contribution in [0.3, 0.4) is 0 Å². The molecule has 0 aromatic heterocycles. The van der Waals surface area contributed by atoms with Crippen LogP contribution in [0.25, 0.3) is 0 Å². The fourth-order valence-electron chi connectivity index (χ4n) is 2.28. The molecular weight excluding hydrogens is 364 g/mol. The molecule has 0 aliphatic carbocycles. The van der Waals surface area contributed by atoms with Gasteiger partial charge in [0.25, 0.3) is 0 Å². The lowest BCUT2D eigenvalue weighted by molar-refractivity contribution is 0.154. The molecule has 0 radical (unpaired) electrons. The van der Waals surface area contributed by atoms with Crippen molar-refractivity contribution in [2.24, 2.45) is 0 Å². The van der Waals surface area contributed by atoms with E-state index in [9.17, 15) is 8.42 Å². The van der Waals surface area contributed by atoms with Crippen LogP contribution in [0.1, 0.15) is 13.8 Å². The minimum atomic E-state index is -3.50. The number of rotatable bonds is 3. The van der Waals surface area contributed by atoms with E-state index in [4.69, 9.17) is 11.6 Å². The molecule has 0 bridgehead atoms. The van der Waals surface area contributed by atoms with E-state index < -0.39 is 10.0 Å². The highest BCUT2D eigenvalue weighted by Crippen LogP contribution is 2.28. The van der Waals surface area contributed by atoms with Gasteiger partial charge >= 0.3 is 0 Å². The molecule has 1 aromatic carbocycles. The molecule has 20 heavy (non-hydrogen) atoms. The topological polar surface area (TPSA) is 40.6 Å². The Morgan fingerprint density at radius 2 is 1.80 bits per heavy atom. The Bertz CT molecular complexity index is 584. The molecule has 0 spiro atoms. The number of halogens is 2. The number of hydrogen-bond donors (Lipinski definition) is 0. The van der Waals surface area contributed by atoms with Gasteiger partial charge in [-0.05, 0) is 32.0 Å². The molecule has 1 heterocycles. The van der Waals surface area contributed by atoms with Crippen LogP contribution in [0.5, 0.6) is 0 Å². The van der Waals surface area contributed by atoms with Gasteiger partial charge in [0.15, 0.2) is 0 Å². The van der Waals surface area contributed by atoms with E-state index in [-0.39, 0.29) is 9.92 Å². The van der Waals surface area contributed by atoms with Gasteiger partial charge in [-0.3, -0.25) is 4.90 Å². The lowest BCUT2D eigenvalue weighted by Crippen LogP contribution is -2.50. The second-order valence-corrected chi connectivity index (χ2v) is 8.34. The van der Waals surface area contributed by atoms with Crippen molar-refractivity contribution >= 4 is 37.6 Å². The van der Waals surface area contributed by atoms with E-state index in [1.807, 2.05) is 0 Å². The quantitative estimate of drug-likeness (QED) is 0.808. The summed E-state index contributed by atoms with van der Waals surface area (Å²) in [5.41, 5.74) is 0. The fourth-order valence-corrected chi connectivity index (χ4v) is 4.72. The molecule has 1 aliphatic heterocycles. The molecule has 112 valence electrons. The second-order valence-electron chi connectivity index (χ2n) is 5.11. The van der Waals surface area contributed by atoms with E-state index in [0.29, 0.717) is 19.1 Å². The monoisotopic (exact) mass is 380 g/mol. The molecule has 1 fully saturated rings. The molecule has 1 saturated heterocycles. The smallest absolute Gasteiger partial charge is 0.244 e. The molecule has 2 rings (SSSR count). The van der Waals surface area contributed by atoms with Crippen molar-refractivity contribution in [3.63, 3.8) is 0 Å². The molecule has 4 nitrogen and oxygen atoms in total. The Hall–Kier alpha value is -0.140. The summed E-state index contributed by atoms with van der Waals surface area (Å²) in [5.74, 6) is 0. The molecule has 0 atom stereocenters. The third-order valence-corrected chi connectivity index (χ3v) is 6.39. The maximum Gasteiger partial charge on any atom is 0.244 e. The molecule has 0 N–H and O–H groups in total. The first-order valence-corrected chi connectivity index (χ1v) is 9.12. The Balaban J connectivity index is 2.20. The highest BCUT2D eigenvalue weighted by molar-refractivity contribution is 9.10. The zero-order valence-electron chi connectivity index (χ0n) is 11.5. The van der Waals surface area contributed by atoms with Gasteiger partial charge in [-0.15, -0.1) is 0 Å². The van der Waals surface area contributed by atoms with Gasteiger partial charge in [-0.1, -0.05) is 27.5 Å². The number of nitrogens with zero attached hydrogens (tertiary/aromatic N) is 2. The summed E-state index contributed by atoms with van der Waals surface area (Å²) in [4.78, 5) is 2.45. The van der Waals surface area contributed by atoms with Crippen LogP contribution in [0.15, 0.2) is 27.6 Å². The summed E-state index contributed by atoms with van der Waals surface area (Å²) in [6.07, 6.45) is 0. The van der Waals surface area contributed by atoms with Gasteiger partial charge in [-0.25, -0.2) is 8.42 Å². The molecule has 1 aromatic rings. The summed E-state index contributed by atoms with van der Waals surface area (Å²) in [6.45, 7) is 6.77. The average molecular weight is 382 g/mol. The van der Waals surface area contributed by atoms with Crippen LogP contribution in [0.2, 0.25) is 5.02 Å². The summed E-state index contributed by atoms with van der Waals surface area (Å²) in [5, 5.41) is 0.255. The van der Waals surface area contributed by atoms with Gasteiger partial charge in [0.05, 0.1) is 5.02 Å². The fraction of sp³-hybridized carbons (Fsp3) is 0.538. The lowest BCUT2D eigenvalue weighted by Gasteiger charge is -2.36. The number of hydrogen-bond acceptors (Lipinski definition) is 3. The lowest BCUT2D eigenvalue weighted by atomic mass is 10.3. The number of sulfonamides is 1. The molecule has 0 amide bonds. The van der Waals surface area contributed by atoms with E-state index in [2.05, 4.69) is 34.7 Å². The van der Waals surface area contributed by atoms with Gasteiger partial charge in [0, 0.05) is 36.7 Å². The van der Waals surface area contributed by atoms with Crippen LogP contribution >= 0.6 is 27.5 Å². The Kier molecular flexibility index (Phi) is 5.13. The predicted molar refractivity (Wildman–Crippen MR) is 84.6 cm³/mol. The first kappa shape index (κ1) is 16.2. The maximum atomic E-state index is 12.6. The SMILES string of the molecule is CC(C)N1CCN(S(=O)(=O)c2ccc(Br)cc2Cl)CC1. The van der Waals surface area contributed by atoms with Crippen molar-refractivity contribution in [3.05, 3.63) is 27.7 Å². The van der Waals surface area contributed by atoms with Gasteiger partial charge in [0.2, 0.25) is 10.0 Å². The van der Waals surface area contributed by atoms with Crippen molar-refractivity contribution < 1.29 is 8.42 Å². The summed E-state index contributed by atoms with van der Waals surface area (Å²) < 4.78 is 27.5. The van der Waals surface area contributed by atoms with Crippen LogP contribution in [0.4, 0.5) is 0 Å². The molecule has 0 saturated carbocycles. The van der Waals surface area contributed by atoms with Gasteiger partial charge in [0.1, 0.15) is 4.90 Å². The highest BCUT2D eigenvalue weighted by Gasteiger charge is 2.30. The first-order valence-electron chi connectivity index (χ1n) is 6.51. The average Bonchev–Trinajstić information content (AvgIpc) is 2.38. The van der Waals surface area contributed by atoms with Gasteiger partial charge in [-0.2, -0.15) is 4.31 Å². The zero-order chi connectivity index (χ0) is 14.9. The largest absolute Gasteiger partial charge is 0.298 e. The minimum Gasteiger partial charge on any atom is -0.298 e. The van der Waals surface area contributed by atoms with Crippen molar-refractivity contribution in [1.82, 2.24) is 9.21 Å². The van der Waals surface area contributed by atoms with E-state index in [0.717, 1.165) is 17.6 Å². The molecule has 0 unspecified atom stereocenters. The number of benzene rings is 1. The normalized spacial score (nSPS) is 18.6. The Morgan fingerprint density at radius 3 is 2.30 bits per heavy atom. The second kappa shape index (κ2) is 6.32. The third-order valence-electron chi connectivity index (χ3n) is 3.52. The van der Waals surface area contributed by atoms with E-state index >= 15 is 0 Å². The van der Waals surface area contributed by atoms with Crippen molar-refractivity contribution in [3.8, 4) is 0 Å². The molecule has 7 heteroatoms. The summed E-state index contributed by atoms with van der Waals surface area (Å²) >= 11 is 9.35. The maximum absolute atomic E-state index is 12.6. The molecular formula is C13H18BrClN2O2S. The van der Waals surface area contributed by atoms with E-state index in [1.54, 1.807) is 18.2 Å². The highest BCUT2D eigenvalue weighted by atomic mass is 79.9. The summed E-state index contributed by atoms with van der Waals surface area (Å²) in [6, 6.07) is 5.30. The summed E-state index contributed by atoms with van der Waals surface area (Å²) in [7, 11) is -3.50. The van der Waals surface area contributed by atoms with E-state index in [1.165, 1.54) is 4.31 Å². The standard InChI is InChI=1S/C13H18BrClN2O2S/c1-10(2)16-5-7-17(8-6-16)20(18,19)13-4-3-11(14)9-12(13)15/h3-4,9-10H,5-8H2,1-2H3. The Morgan fingerprint density at radius 1 is 1.20 bits per heavy atom. The predicted octanol–water partition coefficient (Wildman–Crippen LogP) is 2.82. The van der Waals surface area contributed by atoms with Crippen LogP contribution in [-0.4, -0.2) is 49.8 Å². The van der Waals surface area contributed by atoms with Crippen LogP contribution in [0, 0.1) is 0 Å². The van der Waals surface area contributed by atoms with Crippen molar-refractivity contribution in [2.45, 2.75) is 24.8 Å². The number of piperazine rings is 1. The third kappa shape index (κ3) is 3.36.